The second-order valence-electron chi connectivity index (χ2n) is 9.00. The molecule has 2 aliphatic heterocycles. The minimum atomic E-state index is -0.231. The van der Waals surface area contributed by atoms with E-state index in [4.69, 9.17) is 0 Å². The van der Waals surface area contributed by atoms with Crippen molar-refractivity contribution in [2.24, 2.45) is 0 Å². The maximum absolute atomic E-state index is 12.3. The number of benzene rings is 1. The summed E-state index contributed by atoms with van der Waals surface area (Å²) in [6.07, 6.45) is 1.10. The predicted octanol–water partition coefficient (Wildman–Crippen LogP) is 2.07. The molecule has 2 heterocycles. The maximum Gasteiger partial charge on any atom is 0.315 e. The zero-order valence-electron chi connectivity index (χ0n) is 17.5. The summed E-state index contributed by atoms with van der Waals surface area (Å²) in [6.45, 7) is 11.9. The highest BCUT2D eigenvalue weighted by Gasteiger charge is 2.26. The first-order valence-electron chi connectivity index (χ1n) is 10.1. The van der Waals surface area contributed by atoms with Crippen molar-refractivity contribution in [2.45, 2.75) is 38.8 Å². The van der Waals surface area contributed by atoms with Gasteiger partial charge < -0.3 is 20.4 Å². The predicted molar refractivity (Wildman–Crippen MR) is 112 cm³/mol. The van der Waals surface area contributed by atoms with Crippen LogP contribution >= 0.6 is 0 Å². The Balaban J connectivity index is 1.75. The Hall–Kier alpha value is -1.79. The molecule has 2 amide bonds. The third-order valence-electron chi connectivity index (χ3n) is 5.54. The summed E-state index contributed by atoms with van der Waals surface area (Å²) in [5.74, 6) is 0. The van der Waals surface area contributed by atoms with Crippen molar-refractivity contribution in [1.82, 2.24) is 20.4 Å². The second kappa shape index (κ2) is 8.07. The Morgan fingerprint density at radius 2 is 1.81 bits per heavy atom. The summed E-state index contributed by atoms with van der Waals surface area (Å²) in [6, 6.07) is 6.96. The number of rotatable bonds is 4. The number of piperazine rings is 1. The first-order chi connectivity index (χ1) is 12.7. The Morgan fingerprint density at radius 3 is 2.48 bits per heavy atom. The van der Waals surface area contributed by atoms with Crippen LogP contribution in [0.1, 0.15) is 37.9 Å². The number of likely N-dealkylation sites (N-methyl/N-ethyl adjacent to an activating group) is 2. The number of urea groups is 1. The van der Waals surface area contributed by atoms with Crippen LogP contribution in [0, 0.1) is 0 Å². The minimum Gasteiger partial charge on any atom is -0.374 e. The van der Waals surface area contributed by atoms with Crippen LogP contribution in [0.25, 0.3) is 0 Å². The highest BCUT2D eigenvalue weighted by molar-refractivity contribution is 5.74. The zero-order valence-corrected chi connectivity index (χ0v) is 17.5. The molecule has 0 bridgehead atoms. The van der Waals surface area contributed by atoms with Crippen molar-refractivity contribution < 1.29 is 4.79 Å². The van der Waals surface area contributed by atoms with Gasteiger partial charge in [0, 0.05) is 57.5 Å². The third-order valence-corrected chi connectivity index (χ3v) is 5.54. The molecule has 6 nitrogen and oxygen atoms in total. The number of amides is 2. The molecule has 150 valence electrons. The van der Waals surface area contributed by atoms with E-state index in [9.17, 15) is 4.79 Å². The number of carbonyl (C=O) groups excluding carboxylic acids is 1. The van der Waals surface area contributed by atoms with E-state index in [-0.39, 0.29) is 17.6 Å². The summed E-state index contributed by atoms with van der Waals surface area (Å²) >= 11 is 0. The van der Waals surface area contributed by atoms with Gasteiger partial charge in [0.15, 0.2) is 0 Å². The van der Waals surface area contributed by atoms with Crippen LogP contribution in [-0.4, -0.2) is 74.7 Å². The molecule has 3 rings (SSSR count). The van der Waals surface area contributed by atoms with Gasteiger partial charge in [0.05, 0.1) is 6.04 Å². The molecule has 0 radical (unpaired) electrons. The van der Waals surface area contributed by atoms with Gasteiger partial charge in [-0.15, -0.1) is 0 Å². The average molecular weight is 374 g/mol. The first kappa shape index (κ1) is 20.0. The number of fused-ring (bicyclic) bond motifs is 1. The van der Waals surface area contributed by atoms with E-state index in [1.165, 1.54) is 16.8 Å². The van der Waals surface area contributed by atoms with E-state index in [1.54, 1.807) is 0 Å². The Kier molecular flexibility index (Phi) is 5.96. The van der Waals surface area contributed by atoms with Gasteiger partial charge >= 0.3 is 6.03 Å². The van der Waals surface area contributed by atoms with Crippen molar-refractivity contribution in [3.05, 3.63) is 29.3 Å². The molecular formula is C21H35N5O. The van der Waals surface area contributed by atoms with Gasteiger partial charge in [0.25, 0.3) is 0 Å². The van der Waals surface area contributed by atoms with Crippen molar-refractivity contribution in [3.8, 4) is 0 Å². The number of nitrogens with one attached hydrogen (secondary N) is 2. The van der Waals surface area contributed by atoms with Crippen molar-refractivity contribution in [1.29, 1.82) is 0 Å². The lowest BCUT2D eigenvalue weighted by Gasteiger charge is -2.38. The van der Waals surface area contributed by atoms with E-state index in [0.717, 1.165) is 39.1 Å². The van der Waals surface area contributed by atoms with E-state index in [1.807, 2.05) is 20.8 Å². The molecule has 0 aromatic heterocycles. The Morgan fingerprint density at radius 1 is 1.11 bits per heavy atom. The lowest BCUT2D eigenvalue weighted by molar-refractivity contribution is 0.111. The second-order valence-corrected chi connectivity index (χ2v) is 9.00. The highest BCUT2D eigenvalue weighted by atomic mass is 16.2. The third kappa shape index (κ3) is 5.14. The summed E-state index contributed by atoms with van der Waals surface area (Å²) in [5.41, 5.74) is 3.85. The summed E-state index contributed by atoms with van der Waals surface area (Å²) in [5, 5.41) is 6.11. The molecule has 6 heteroatoms. The number of hydrogen-bond acceptors (Lipinski definition) is 4. The molecule has 0 spiro atoms. The molecule has 0 unspecified atom stereocenters. The lowest BCUT2D eigenvalue weighted by Crippen LogP contribution is -2.51. The largest absolute Gasteiger partial charge is 0.374 e. The quantitative estimate of drug-likeness (QED) is 0.848. The van der Waals surface area contributed by atoms with Gasteiger partial charge in [-0.3, -0.25) is 4.90 Å². The standard InChI is InChI=1S/C21H35N5O/c1-21(2,3)23-20(27)22-15-19(26-12-10-24(4)11-13-26)16-6-7-18-17(14-16)8-9-25(18)5/h6-7,14,19H,8-13,15H2,1-5H3,(H2,22,23,27)/t19-/m0/s1. The SMILES string of the molecule is CN1CCN([C@@H](CNC(=O)NC(C)(C)C)c2ccc3c(c2)CCN3C)CC1. The smallest absolute Gasteiger partial charge is 0.315 e. The monoisotopic (exact) mass is 373 g/mol. The average Bonchev–Trinajstić information content (AvgIpc) is 2.96. The van der Waals surface area contributed by atoms with Gasteiger partial charge in [0.2, 0.25) is 0 Å². The molecule has 2 N–H and O–H groups in total. The molecule has 27 heavy (non-hydrogen) atoms. The molecule has 0 aliphatic carbocycles. The topological polar surface area (TPSA) is 50.9 Å². The van der Waals surface area contributed by atoms with Crippen molar-refractivity contribution in [3.63, 3.8) is 0 Å². The number of hydrogen-bond donors (Lipinski definition) is 2. The number of carbonyl (C=O) groups is 1. The molecule has 1 fully saturated rings. The fraction of sp³-hybridized carbons (Fsp3) is 0.667. The summed E-state index contributed by atoms with van der Waals surface area (Å²) in [4.78, 5) is 19.5. The van der Waals surface area contributed by atoms with Crippen LogP contribution in [0.2, 0.25) is 0 Å². The number of nitrogens with zero attached hydrogens (tertiary/aromatic N) is 3. The zero-order chi connectivity index (χ0) is 19.6. The van der Waals surface area contributed by atoms with E-state index >= 15 is 0 Å². The van der Waals surface area contributed by atoms with Gasteiger partial charge in [0.1, 0.15) is 0 Å². The fourth-order valence-corrected chi connectivity index (χ4v) is 3.96. The van der Waals surface area contributed by atoms with Gasteiger partial charge in [-0.1, -0.05) is 12.1 Å². The van der Waals surface area contributed by atoms with E-state index in [0.29, 0.717) is 6.54 Å². The Bertz CT molecular complexity index is 661. The van der Waals surface area contributed by atoms with Gasteiger partial charge in [-0.05, 0) is 51.4 Å². The molecule has 1 atom stereocenters. The highest BCUT2D eigenvalue weighted by Crippen LogP contribution is 2.31. The summed E-state index contributed by atoms with van der Waals surface area (Å²) in [7, 11) is 4.33. The fourth-order valence-electron chi connectivity index (χ4n) is 3.96. The van der Waals surface area contributed by atoms with Crippen LogP contribution in [0.3, 0.4) is 0 Å². The van der Waals surface area contributed by atoms with E-state index in [2.05, 4.69) is 57.6 Å². The Labute approximate surface area is 163 Å². The van der Waals surface area contributed by atoms with Crippen LogP contribution in [0.15, 0.2) is 18.2 Å². The van der Waals surface area contributed by atoms with Crippen LogP contribution in [0.5, 0.6) is 0 Å². The molecule has 1 saturated heterocycles. The molecule has 2 aliphatic rings. The van der Waals surface area contributed by atoms with Crippen LogP contribution in [-0.2, 0) is 6.42 Å². The van der Waals surface area contributed by atoms with Gasteiger partial charge in [-0.2, -0.15) is 0 Å². The lowest BCUT2D eigenvalue weighted by atomic mass is 10.00. The van der Waals surface area contributed by atoms with Crippen LogP contribution < -0.4 is 15.5 Å². The van der Waals surface area contributed by atoms with Crippen molar-refractivity contribution in [2.75, 3.05) is 58.3 Å². The number of anilines is 1. The first-order valence-corrected chi connectivity index (χ1v) is 10.1. The minimum absolute atomic E-state index is 0.0949. The molecule has 0 saturated carbocycles. The van der Waals surface area contributed by atoms with E-state index < -0.39 is 0 Å². The molecule has 1 aromatic carbocycles. The van der Waals surface area contributed by atoms with Gasteiger partial charge in [-0.25, -0.2) is 4.79 Å². The normalized spacial score (nSPS) is 19.7. The van der Waals surface area contributed by atoms with Crippen molar-refractivity contribution >= 4 is 11.7 Å². The summed E-state index contributed by atoms with van der Waals surface area (Å²) < 4.78 is 0. The maximum atomic E-state index is 12.3. The van der Waals surface area contributed by atoms with Crippen LogP contribution in [0.4, 0.5) is 10.5 Å². The molecule has 1 aromatic rings. The molecular weight excluding hydrogens is 338 g/mol.